The highest BCUT2D eigenvalue weighted by atomic mass is 32.2. The van der Waals surface area contributed by atoms with Gasteiger partial charge >= 0.3 is 5.97 Å². The minimum absolute atomic E-state index is 0.0992. The summed E-state index contributed by atoms with van der Waals surface area (Å²) in [6, 6.07) is 3.53. The van der Waals surface area contributed by atoms with Crippen LogP contribution in [0.2, 0.25) is 0 Å². The molecule has 0 aliphatic heterocycles. The number of thioether (sulfide) groups is 1. The minimum Gasteiger partial charge on any atom is -0.462 e. The van der Waals surface area contributed by atoms with E-state index in [0.717, 1.165) is 0 Å². The summed E-state index contributed by atoms with van der Waals surface area (Å²) in [6.45, 7) is 5.63. The lowest BCUT2D eigenvalue weighted by Gasteiger charge is -2.09. The van der Waals surface area contributed by atoms with E-state index in [9.17, 15) is 9.59 Å². The van der Waals surface area contributed by atoms with Crippen molar-refractivity contribution in [2.24, 2.45) is 0 Å². The van der Waals surface area contributed by atoms with Gasteiger partial charge in [-0.25, -0.2) is 9.78 Å². The Hall–Kier alpha value is -2.07. The predicted octanol–water partition coefficient (Wildman–Crippen LogP) is 1.67. The first-order valence-corrected chi connectivity index (χ1v) is 7.44. The molecule has 1 amide bonds. The highest BCUT2D eigenvalue weighted by Gasteiger charge is 2.16. The fraction of sp³-hybridized carbons (Fsp3) is 0.429. The van der Waals surface area contributed by atoms with Gasteiger partial charge in [0.25, 0.3) is 0 Å². The second-order valence-corrected chi connectivity index (χ2v) is 5.22. The van der Waals surface area contributed by atoms with Crippen LogP contribution in [-0.4, -0.2) is 35.8 Å². The van der Waals surface area contributed by atoms with Gasteiger partial charge in [0.1, 0.15) is 11.1 Å². The molecule has 1 aromatic heterocycles. The molecule has 0 aromatic carbocycles. The number of nitrogens with zero attached hydrogens (tertiary/aromatic N) is 2. The zero-order valence-corrected chi connectivity index (χ0v) is 13.0. The first kappa shape index (κ1) is 17.0. The predicted molar refractivity (Wildman–Crippen MR) is 79.1 cm³/mol. The normalized spacial score (nSPS) is 9.81. The van der Waals surface area contributed by atoms with Crippen LogP contribution in [-0.2, 0) is 9.53 Å². The summed E-state index contributed by atoms with van der Waals surface area (Å²) >= 11 is 1.36. The SMILES string of the molecule is CCOC(=O)c1cc(C#N)c(SCCNC(C)=O)nc1C. The van der Waals surface area contributed by atoms with Crippen molar-refractivity contribution >= 4 is 23.6 Å². The number of pyridine rings is 1. The van der Waals surface area contributed by atoms with Crippen molar-refractivity contribution in [3.63, 3.8) is 0 Å². The van der Waals surface area contributed by atoms with E-state index in [0.29, 0.717) is 34.1 Å². The lowest BCUT2D eigenvalue weighted by Crippen LogP contribution is -2.22. The summed E-state index contributed by atoms with van der Waals surface area (Å²) in [4.78, 5) is 26.8. The second kappa shape index (κ2) is 8.27. The number of aryl methyl sites for hydroxylation is 1. The van der Waals surface area contributed by atoms with Crippen LogP contribution >= 0.6 is 11.8 Å². The molecule has 0 aliphatic carbocycles. The summed E-state index contributed by atoms with van der Waals surface area (Å²) in [5, 5.41) is 12.4. The summed E-state index contributed by atoms with van der Waals surface area (Å²) in [6.07, 6.45) is 0. The molecule has 1 aromatic rings. The van der Waals surface area contributed by atoms with Crippen molar-refractivity contribution in [2.45, 2.75) is 25.8 Å². The minimum atomic E-state index is -0.478. The Bertz CT molecular complexity index is 582. The number of rotatable bonds is 6. The van der Waals surface area contributed by atoms with Gasteiger partial charge in [-0.05, 0) is 19.9 Å². The number of nitriles is 1. The van der Waals surface area contributed by atoms with Crippen LogP contribution in [0.25, 0.3) is 0 Å². The van der Waals surface area contributed by atoms with E-state index in [1.807, 2.05) is 6.07 Å². The molecular weight excluding hydrogens is 290 g/mol. The number of hydrogen-bond acceptors (Lipinski definition) is 6. The van der Waals surface area contributed by atoms with E-state index in [-0.39, 0.29) is 12.5 Å². The maximum Gasteiger partial charge on any atom is 0.340 e. The number of carbonyl (C=O) groups excluding carboxylic acids is 2. The number of ether oxygens (including phenoxy) is 1. The highest BCUT2D eigenvalue weighted by molar-refractivity contribution is 7.99. The van der Waals surface area contributed by atoms with Crippen LogP contribution in [0.15, 0.2) is 11.1 Å². The molecule has 7 heteroatoms. The molecule has 1 heterocycles. The largest absolute Gasteiger partial charge is 0.462 e. The van der Waals surface area contributed by atoms with Gasteiger partial charge < -0.3 is 10.1 Å². The molecule has 0 radical (unpaired) electrons. The summed E-state index contributed by atoms with van der Waals surface area (Å²) in [5.74, 6) is 0.0196. The van der Waals surface area contributed by atoms with Crippen molar-refractivity contribution in [3.8, 4) is 6.07 Å². The van der Waals surface area contributed by atoms with Gasteiger partial charge in [-0.15, -0.1) is 11.8 Å². The molecule has 0 saturated carbocycles. The van der Waals surface area contributed by atoms with E-state index in [4.69, 9.17) is 10.00 Å². The monoisotopic (exact) mass is 307 g/mol. The maximum atomic E-state index is 11.8. The standard InChI is InChI=1S/C14H17N3O3S/c1-4-20-14(19)12-7-11(8-15)13(17-9(12)2)21-6-5-16-10(3)18/h7H,4-6H2,1-3H3,(H,16,18). The van der Waals surface area contributed by atoms with Crippen molar-refractivity contribution < 1.29 is 14.3 Å². The smallest absolute Gasteiger partial charge is 0.340 e. The fourth-order valence-corrected chi connectivity index (χ4v) is 2.42. The van der Waals surface area contributed by atoms with Gasteiger partial charge in [-0.1, -0.05) is 0 Å². The molecular formula is C14H17N3O3S. The summed E-state index contributed by atoms with van der Waals surface area (Å²) < 4.78 is 4.93. The molecule has 0 atom stereocenters. The van der Waals surface area contributed by atoms with Crippen LogP contribution in [0.4, 0.5) is 0 Å². The van der Waals surface area contributed by atoms with Gasteiger partial charge in [0.05, 0.1) is 23.4 Å². The average Bonchev–Trinajstić information content (AvgIpc) is 2.43. The Morgan fingerprint density at radius 3 is 2.81 bits per heavy atom. The van der Waals surface area contributed by atoms with Gasteiger partial charge in [0.15, 0.2) is 0 Å². The van der Waals surface area contributed by atoms with Crippen LogP contribution < -0.4 is 5.32 Å². The van der Waals surface area contributed by atoms with Crippen molar-refractivity contribution in [2.75, 3.05) is 18.9 Å². The Labute approximate surface area is 127 Å². The molecule has 0 aliphatic rings. The Morgan fingerprint density at radius 2 is 2.24 bits per heavy atom. The zero-order valence-electron chi connectivity index (χ0n) is 12.2. The molecule has 1 N–H and O–H groups in total. The van der Waals surface area contributed by atoms with Crippen LogP contribution in [0.5, 0.6) is 0 Å². The van der Waals surface area contributed by atoms with Gasteiger partial charge in [-0.3, -0.25) is 4.79 Å². The van der Waals surface area contributed by atoms with Crippen LogP contribution in [0.1, 0.15) is 35.5 Å². The number of carbonyl (C=O) groups is 2. The van der Waals surface area contributed by atoms with Crippen molar-refractivity contribution in [3.05, 3.63) is 22.9 Å². The first-order valence-electron chi connectivity index (χ1n) is 6.45. The quantitative estimate of drug-likeness (QED) is 0.488. The number of amides is 1. The highest BCUT2D eigenvalue weighted by Crippen LogP contribution is 2.22. The Balaban J connectivity index is 2.87. The molecule has 0 saturated heterocycles. The Kier molecular flexibility index (Phi) is 6.69. The van der Waals surface area contributed by atoms with E-state index in [1.165, 1.54) is 24.8 Å². The maximum absolute atomic E-state index is 11.8. The first-order chi connectivity index (χ1) is 9.99. The second-order valence-electron chi connectivity index (χ2n) is 4.14. The zero-order chi connectivity index (χ0) is 15.8. The van der Waals surface area contributed by atoms with Gasteiger partial charge in [-0.2, -0.15) is 5.26 Å². The molecule has 112 valence electrons. The van der Waals surface area contributed by atoms with Gasteiger partial charge in [0.2, 0.25) is 5.91 Å². The molecule has 0 spiro atoms. The molecule has 0 fully saturated rings. The molecule has 21 heavy (non-hydrogen) atoms. The van der Waals surface area contributed by atoms with Crippen LogP contribution in [0.3, 0.4) is 0 Å². The third kappa shape index (κ3) is 5.08. The third-order valence-corrected chi connectivity index (χ3v) is 3.50. The lowest BCUT2D eigenvalue weighted by atomic mass is 10.1. The van der Waals surface area contributed by atoms with Crippen molar-refractivity contribution in [1.29, 1.82) is 5.26 Å². The number of hydrogen-bond donors (Lipinski definition) is 1. The summed E-state index contributed by atoms with van der Waals surface area (Å²) in [7, 11) is 0. The van der Waals surface area contributed by atoms with E-state index in [2.05, 4.69) is 10.3 Å². The van der Waals surface area contributed by atoms with E-state index in [1.54, 1.807) is 13.8 Å². The number of aromatic nitrogens is 1. The van der Waals surface area contributed by atoms with E-state index >= 15 is 0 Å². The van der Waals surface area contributed by atoms with Gasteiger partial charge in [0, 0.05) is 19.2 Å². The average molecular weight is 307 g/mol. The van der Waals surface area contributed by atoms with Crippen molar-refractivity contribution in [1.82, 2.24) is 10.3 Å². The molecule has 0 bridgehead atoms. The molecule has 1 rings (SSSR count). The molecule has 6 nitrogen and oxygen atoms in total. The third-order valence-electron chi connectivity index (χ3n) is 2.51. The number of nitrogens with one attached hydrogen (secondary N) is 1. The fourth-order valence-electron chi connectivity index (χ4n) is 1.56. The molecule has 0 unspecified atom stereocenters. The number of esters is 1. The van der Waals surface area contributed by atoms with E-state index < -0.39 is 5.97 Å². The summed E-state index contributed by atoms with van der Waals surface area (Å²) in [5.41, 5.74) is 1.16. The van der Waals surface area contributed by atoms with Crippen LogP contribution in [0, 0.1) is 18.3 Å². The Morgan fingerprint density at radius 1 is 1.52 bits per heavy atom. The topological polar surface area (TPSA) is 92.1 Å². The lowest BCUT2D eigenvalue weighted by molar-refractivity contribution is -0.118.